The molecule has 214 valence electrons. The van der Waals surface area contributed by atoms with Gasteiger partial charge in [-0.3, -0.25) is 9.59 Å². The molecule has 1 N–H and O–H groups in total. The van der Waals surface area contributed by atoms with Gasteiger partial charge in [0.1, 0.15) is 12.7 Å². The Morgan fingerprint density at radius 3 is 2.38 bits per heavy atom. The van der Waals surface area contributed by atoms with E-state index in [0.29, 0.717) is 11.5 Å². The lowest BCUT2D eigenvalue weighted by molar-refractivity contribution is -0.154. The fourth-order valence-corrected chi connectivity index (χ4v) is 4.94. The number of nitrogens with one attached hydrogen (secondary N) is 1. The molecule has 0 amide bonds. The molecule has 0 fully saturated rings. The molecule has 1 aliphatic carbocycles. The predicted molar refractivity (Wildman–Crippen MR) is 146 cm³/mol. The Hall–Kier alpha value is -3.00. The number of carbonyl (C=O) groups is 2. The first-order chi connectivity index (χ1) is 18.5. The molecule has 0 aromatic heterocycles. The molecule has 0 bridgehead atoms. The van der Waals surface area contributed by atoms with Gasteiger partial charge in [0.05, 0.1) is 12.5 Å². The van der Waals surface area contributed by atoms with Crippen molar-refractivity contribution in [3.8, 4) is 5.75 Å². The minimum absolute atomic E-state index is 0.0397. The summed E-state index contributed by atoms with van der Waals surface area (Å²) in [5.74, 6) is -3.14. The molecule has 0 aliphatic heterocycles. The van der Waals surface area contributed by atoms with Gasteiger partial charge in [-0.05, 0) is 81.2 Å². The van der Waals surface area contributed by atoms with Gasteiger partial charge in [0.25, 0.3) is 0 Å². The Kier molecular flexibility index (Phi) is 10.9. The number of hydrogen-bond donors (Lipinski definition) is 1. The third-order valence-electron chi connectivity index (χ3n) is 6.90. The standard InChI is InChI=1S/C31H41F2NO5/c1-6-37-28(35)12-11-21-15-26(32)29(33)27(16-21)38-19-25(39-30(36)20(2)3)18-34-31(4,5)17-22-13-23-9-7-8-10-24(23)14-22/h7-10,15-16,20,22,25,34H,6,11-14,17-19H2,1-5H3/t25-/m1/s1. The van der Waals surface area contributed by atoms with Crippen molar-refractivity contribution >= 4 is 11.9 Å². The maximum absolute atomic E-state index is 14.5. The number of fused-ring (bicyclic) bond motifs is 1. The first kappa shape index (κ1) is 30.5. The van der Waals surface area contributed by atoms with E-state index < -0.39 is 29.7 Å². The lowest BCUT2D eigenvalue weighted by Crippen LogP contribution is -2.47. The molecule has 6 nitrogen and oxygen atoms in total. The van der Waals surface area contributed by atoms with Gasteiger partial charge < -0.3 is 19.5 Å². The van der Waals surface area contributed by atoms with Crippen molar-refractivity contribution in [3.63, 3.8) is 0 Å². The first-order valence-electron chi connectivity index (χ1n) is 13.8. The van der Waals surface area contributed by atoms with E-state index in [-0.39, 0.29) is 49.8 Å². The third kappa shape index (κ3) is 9.31. The van der Waals surface area contributed by atoms with Crippen LogP contribution in [0.2, 0.25) is 0 Å². The highest BCUT2D eigenvalue weighted by Gasteiger charge is 2.29. The lowest BCUT2D eigenvalue weighted by Gasteiger charge is -2.31. The SMILES string of the molecule is CCOC(=O)CCc1cc(F)c(F)c(OC[C@@H](CNC(C)(C)CC2Cc3ccccc3C2)OC(=O)C(C)C)c1. The van der Waals surface area contributed by atoms with Gasteiger partial charge in [-0.15, -0.1) is 0 Å². The van der Waals surface area contributed by atoms with Gasteiger partial charge in [0.15, 0.2) is 11.6 Å². The van der Waals surface area contributed by atoms with E-state index in [4.69, 9.17) is 14.2 Å². The second-order valence-corrected chi connectivity index (χ2v) is 11.2. The lowest BCUT2D eigenvalue weighted by atomic mass is 9.88. The molecule has 2 aromatic rings. The third-order valence-corrected chi connectivity index (χ3v) is 6.90. The molecule has 0 heterocycles. The molecular formula is C31H41F2NO5. The van der Waals surface area contributed by atoms with E-state index in [1.165, 1.54) is 17.2 Å². The van der Waals surface area contributed by atoms with E-state index in [2.05, 4.69) is 43.4 Å². The van der Waals surface area contributed by atoms with Crippen molar-refractivity contribution in [2.45, 2.75) is 78.4 Å². The van der Waals surface area contributed by atoms with Crippen molar-refractivity contribution in [1.82, 2.24) is 5.32 Å². The van der Waals surface area contributed by atoms with Gasteiger partial charge in [0, 0.05) is 18.5 Å². The van der Waals surface area contributed by atoms with Crippen LogP contribution in [0.25, 0.3) is 0 Å². The Balaban J connectivity index is 1.62. The minimum Gasteiger partial charge on any atom is -0.486 e. The summed E-state index contributed by atoms with van der Waals surface area (Å²) < 4.78 is 45.0. The Morgan fingerprint density at radius 2 is 1.77 bits per heavy atom. The van der Waals surface area contributed by atoms with E-state index in [0.717, 1.165) is 25.3 Å². The molecule has 0 spiro atoms. The molecule has 2 aromatic carbocycles. The molecule has 1 atom stereocenters. The average Bonchev–Trinajstić information content (AvgIpc) is 3.28. The van der Waals surface area contributed by atoms with Crippen LogP contribution in [0.1, 0.15) is 64.2 Å². The zero-order valence-electron chi connectivity index (χ0n) is 23.7. The van der Waals surface area contributed by atoms with E-state index in [1.807, 2.05) is 0 Å². The number of halogens is 2. The predicted octanol–water partition coefficient (Wildman–Crippen LogP) is 5.58. The molecule has 39 heavy (non-hydrogen) atoms. The Bertz CT molecular complexity index is 1110. The number of carbonyl (C=O) groups excluding carboxylic acids is 2. The molecule has 0 saturated carbocycles. The fraction of sp³-hybridized carbons (Fsp3) is 0.548. The highest BCUT2D eigenvalue weighted by Crippen LogP contribution is 2.32. The quantitative estimate of drug-likeness (QED) is 0.313. The van der Waals surface area contributed by atoms with E-state index in [9.17, 15) is 18.4 Å². The van der Waals surface area contributed by atoms with Crippen molar-refractivity contribution in [3.05, 3.63) is 64.7 Å². The smallest absolute Gasteiger partial charge is 0.308 e. The van der Waals surface area contributed by atoms with Gasteiger partial charge in [-0.25, -0.2) is 4.39 Å². The first-order valence-corrected chi connectivity index (χ1v) is 13.8. The van der Waals surface area contributed by atoms with Crippen molar-refractivity contribution in [2.75, 3.05) is 19.8 Å². The Labute approximate surface area is 230 Å². The van der Waals surface area contributed by atoms with Gasteiger partial charge in [-0.2, -0.15) is 4.39 Å². The highest BCUT2D eigenvalue weighted by molar-refractivity contribution is 5.71. The summed E-state index contributed by atoms with van der Waals surface area (Å²) in [6, 6.07) is 10.9. The Morgan fingerprint density at radius 1 is 1.10 bits per heavy atom. The molecule has 0 saturated heterocycles. The maximum atomic E-state index is 14.5. The minimum atomic E-state index is -1.13. The van der Waals surface area contributed by atoms with Crippen LogP contribution in [0.3, 0.4) is 0 Å². The van der Waals surface area contributed by atoms with Crippen LogP contribution in [0, 0.1) is 23.5 Å². The normalized spacial score (nSPS) is 14.3. The zero-order chi connectivity index (χ0) is 28.6. The highest BCUT2D eigenvalue weighted by atomic mass is 19.2. The van der Waals surface area contributed by atoms with E-state index in [1.54, 1.807) is 20.8 Å². The van der Waals surface area contributed by atoms with Crippen LogP contribution >= 0.6 is 0 Å². The summed E-state index contributed by atoms with van der Waals surface area (Å²) >= 11 is 0. The molecule has 0 radical (unpaired) electrons. The van der Waals surface area contributed by atoms with Crippen LogP contribution in [0.5, 0.6) is 5.75 Å². The number of aryl methyl sites for hydroxylation is 1. The van der Waals surface area contributed by atoms with Crippen LogP contribution in [0.15, 0.2) is 36.4 Å². The van der Waals surface area contributed by atoms with E-state index >= 15 is 0 Å². The molecule has 3 rings (SSSR count). The summed E-state index contributed by atoms with van der Waals surface area (Å²) in [4.78, 5) is 24.1. The van der Waals surface area contributed by atoms with Crippen molar-refractivity contribution in [2.24, 2.45) is 11.8 Å². The summed E-state index contributed by atoms with van der Waals surface area (Å²) in [6.07, 6.45) is 2.50. The van der Waals surface area contributed by atoms with Crippen LogP contribution in [0.4, 0.5) is 8.78 Å². The van der Waals surface area contributed by atoms with Crippen LogP contribution in [-0.4, -0.2) is 43.3 Å². The second-order valence-electron chi connectivity index (χ2n) is 11.2. The summed E-state index contributed by atoms with van der Waals surface area (Å²) in [6.45, 7) is 9.77. The van der Waals surface area contributed by atoms with Crippen LogP contribution < -0.4 is 10.1 Å². The monoisotopic (exact) mass is 545 g/mol. The number of hydrogen-bond acceptors (Lipinski definition) is 6. The van der Waals surface area contributed by atoms with Gasteiger partial charge in [0.2, 0.25) is 5.82 Å². The number of benzene rings is 2. The number of esters is 2. The average molecular weight is 546 g/mol. The number of rotatable bonds is 14. The molecule has 1 aliphatic rings. The summed E-state index contributed by atoms with van der Waals surface area (Å²) in [5, 5.41) is 3.50. The summed E-state index contributed by atoms with van der Waals surface area (Å²) in [5.41, 5.74) is 2.95. The van der Waals surface area contributed by atoms with Gasteiger partial charge >= 0.3 is 11.9 Å². The van der Waals surface area contributed by atoms with Gasteiger partial charge in [-0.1, -0.05) is 38.1 Å². The topological polar surface area (TPSA) is 73.9 Å². The molecular weight excluding hydrogens is 504 g/mol. The largest absolute Gasteiger partial charge is 0.486 e. The van der Waals surface area contributed by atoms with Crippen molar-refractivity contribution in [1.29, 1.82) is 0 Å². The van der Waals surface area contributed by atoms with Crippen molar-refractivity contribution < 1.29 is 32.6 Å². The molecule has 0 unspecified atom stereocenters. The number of ether oxygens (including phenoxy) is 3. The summed E-state index contributed by atoms with van der Waals surface area (Å²) in [7, 11) is 0. The second kappa shape index (κ2) is 13.9. The maximum Gasteiger partial charge on any atom is 0.308 e. The molecule has 8 heteroatoms. The zero-order valence-corrected chi connectivity index (χ0v) is 23.7. The van der Waals surface area contributed by atoms with Crippen LogP contribution in [-0.2, 0) is 38.3 Å². The fourth-order valence-electron chi connectivity index (χ4n) is 4.94.